The zero-order valence-electron chi connectivity index (χ0n) is 30.6. The number of β-amino-alcohol motifs (C(OH)–C–C–N with tert-alkyl or cyclic N) is 1. The first-order chi connectivity index (χ1) is 25.5. The number of benzene rings is 2. The van der Waals surface area contributed by atoms with Gasteiger partial charge in [-0.1, -0.05) is 18.4 Å². The summed E-state index contributed by atoms with van der Waals surface area (Å²) < 4.78 is 44.7. The highest BCUT2D eigenvalue weighted by Crippen LogP contribution is 2.63. The fraction of sp³-hybridized carbons (Fsp3) is 0.548. The van der Waals surface area contributed by atoms with E-state index in [-0.39, 0.29) is 62.7 Å². The summed E-state index contributed by atoms with van der Waals surface area (Å²) in [5.74, 6) is 1.96. The SMILES string of the molecule is C#Cc1c(F)ccc2cc(O)cc(-c3nc(OC)c4c(N5CCC[C@@](C)(O)C5)nc(OC[C@]56CCC[C@H]5N(CC5CC7(CC7)C5)CCC6)nc4c3F)c12. The average Bonchev–Trinajstić information content (AvgIpc) is 3.80. The van der Waals surface area contributed by atoms with Crippen LogP contribution in [-0.4, -0.2) is 81.6 Å². The lowest BCUT2D eigenvalue weighted by Crippen LogP contribution is -2.54. The van der Waals surface area contributed by atoms with Gasteiger partial charge >= 0.3 is 6.01 Å². The van der Waals surface area contributed by atoms with Gasteiger partial charge in [-0.15, -0.1) is 6.42 Å². The third-order valence-electron chi connectivity index (χ3n) is 13.1. The van der Waals surface area contributed by atoms with E-state index >= 15 is 8.78 Å². The number of ether oxygens (including phenoxy) is 2. The number of aromatic nitrogens is 3. The third-order valence-corrected chi connectivity index (χ3v) is 13.1. The normalized spacial score (nSPS) is 26.8. The van der Waals surface area contributed by atoms with Crippen LogP contribution in [0.5, 0.6) is 17.6 Å². The summed E-state index contributed by atoms with van der Waals surface area (Å²) in [5, 5.41) is 22.7. The summed E-state index contributed by atoms with van der Waals surface area (Å²) in [6.45, 7) is 5.32. The van der Waals surface area contributed by atoms with Crippen LogP contribution in [0.15, 0.2) is 24.3 Å². The van der Waals surface area contributed by atoms with Gasteiger partial charge in [0.2, 0.25) is 5.88 Å². The van der Waals surface area contributed by atoms with Crippen LogP contribution in [0, 0.1) is 40.7 Å². The van der Waals surface area contributed by atoms with Crippen molar-refractivity contribution in [2.24, 2.45) is 16.7 Å². The molecule has 0 bridgehead atoms. The van der Waals surface area contributed by atoms with Crippen LogP contribution in [0.1, 0.15) is 83.1 Å². The summed E-state index contributed by atoms with van der Waals surface area (Å²) in [6.07, 6.45) is 18.2. The van der Waals surface area contributed by atoms with Crippen molar-refractivity contribution in [2.75, 3.05) is 44.8 Å². The molecule has 11 heteroatoms. The molecule has 1 spiro atoms. The molecule has 278 valence electrons. The van der Waals surface area contributed by atoms with Crippen molar-refractivity contribution >= 4 is 27.5 Å². The minimum atomic E-state index is -0.993. The van der Waals surface area contributed by atoms with Crippen LogP contribution in [0.2, 0.25) is 0 Å². The number of phenolic OH excluding ortho intramolecular Hbond substituents is 1. The molecule has 0 unspecified atom stereocenters. The number of phenols is 1. The van der Waals surface area contributed by atoms with E-state index in [1.165, 1.54) is 57.1 Å². The highest BCUT2D eigenvalue weighted by atomic mass is 19.1. The van der Waals surface area contributed by atoms with Crippen molar-refractivity contribution in [1.82, 2.24) is 19.9 Å². The molecule has 9 rings (SSSR count). The van der Waals surface area contributed by atoms with Gasteiger partial charge in [-0.05, 0) is 113 Å². The maximum absolute atomic E-state index is 17.3. The Hall–Kier alpha value is -4.27. The molecule has 5 fully saturated rings. The van der Waals surface area contributed by atoms with Crippen molar-refractivity contribution < 1.29 is 28.5 Å². The smallest absolute Gasteiger partial charge is 0.319 e. The number of terminal acetylenes is 1. The topological polar surface area (TPSA) is 104 Å². The van der Waals surface area contributed by atoms with Gasteiger partial charge in [-0.3, -0.25) is 4.90 Å². The molecule has 0 radical (unpaired) electrons. The Morgan fingerprint density at radius 3 is 2.55 bits per heavy atom. The molecule has 3 aliphatic carbocycles. The van der Waals surface area contributed by atoms with Crippen LogP contribution >= 0.6 is 0 Å². The molecule has 2 aromatic carbocycles. The Bertz CT molecular complexity index is 2160. The van der Waals surface area contributed by atoms with Crippen LogP contribution < -0.4 is 14.4 Å². The number of rotatable bonds is 8. The molecule has 0 amide bonds. The molecule has 2 aliphatic heterocycles. The molecule has 53 heavy (non-hydrogen) atoms. The average molecular weight is 724 g/mol. The van der Waals surface area contributed by atoms with Crippen molar-refractivity contribution in [2.45, 2.75) is 89.2 Å². The van der Waals surface area contributed by atoms with Crippen LogP contribution in [0.3, 0.4) is 0 Å². The van der Waals surface area contributed by atoms with E-state index in [9.17, 15) is 10.2 Å². The lowest BCUT2D eigenvalue weighted by Gasteiger charge is -2.49. The standard InChI is InChI=1S/C42H47F2N5O4/c1-4-28-30(43)10-9-26-18-27(50)19-29(32(26)28)35-34(44)36-33(38(45-35)52-3)37(49-17-6-11-40(2,51)23-49)47-39(46-36)53-24-42-12-5-8-31(42)48(16-7-13-42)22-25-20-41(21-25)14-15-41/h1,9-10,18-19,25,31,50-51H,5-8,11-17,20-24H2,2-3H3/t31-,40-,42-/m1/s1. The van der Waals surface area contributed by atoms with E-state index in [0.29, 0.717) is 48.7 Å². The lowest BCUT2D eigenvalue weighted by molar-refractivity contribution is -0.0213. The molecular weight excluding hydrogens is 676 g/mol. The quantitative estimate of drug-likeness (QED) is 0.180. The Labute approximate surface area is 308 Å². The first-order valence-electron chi connectivity index (χ1n) is 19.2. The van der Waals surface area contributed by atoms with Crippen LogP contribution in [0.4, 0.5) is 14.6 Å². The Balaban J connectivity index is 1.14. The Kier molecular flexibility index (Phi) is 8.24. The molecule has 4 heterocycles. The number of hydrogen-bond acceptors (Lipinski definition) is 9. The van der Waals surface area contributed by atoms with Gasteiger partial charge in [0.25, 0.3) is 0 Å². The number of halogens is 2. The van der Waals surface area contributed by atoms with Crippen molar-refractivity contribution in [1.29, 1.82) is 0 Å². The number of aliphatic hydroxyl groups is 1. The van der Waals surface area contributed by atoms with Crippen molar-refractivity contribution in [3.8, 4) is 41.2 Å². The van der Waals surface area contributed by atoms with Crippen LogP contribution in [0.25, 0.3) is 32.9 Å². The fourth-order valence-electron chi connectivity index (χ4n) is 10.5. The summed E-state index contributed by atoms with van der Waals surface area (Å²) in [7, 11) is 1.43. The number of nitrogens with zero attached hydrogens (tertiary/aromatic N) is 5. The highest BCUT2D eigenvalue weighted by molar-refractivity contribution is 6.04. The Morgan fingerprint density at radius 2 is 1.79 bits per heavy atom. The molecule has 2 aromatic heterocycles. The van der Waals surface area contributed by atoms with Crippen LogP contribution in [-0.2, 0) is 0 Å². The molecule has 2 saturated heterocycles. The summed E-state index contributed by atoms with van der Waals surface area (Å²) >= 11 is 0. The number of aromatic hydroxyl groups is 1. The number of hydrogen-bond donors (Lipinski definition) is 2. The summed E-state index contributed by atoms with van der Waals surface area (Å²) in [6, 6.07) is 5.95. The lowest BCUT2D eigenvalue weighted by atomic mass is 9.70. The number of pyridine rings is 1. The van der Waals surface area contributed by atoms with Gasteiger partial charge in [-0.25, -0.2) is 13.8 Å². The number of methoxy groups -OCH3 is 1. The Morgan fingerprint density at radius 1 is 1.00 bits per heavy atom. The maximum Gasteiger partial charge on any atom is 0.319 e. The predicted molar refractivity (Wildman–Crippen MR) is 199 cm³/mol. The monoisotopic (exact) mass is 723 g/mol. The van der Waals surface area contributed by atoms with E-state index < -0.39 is 17.2 Å². The van der Waals surface area contributed by atoms with E-state index in [1.54, 1.807) is 6.92 Å². The van der Waals surface area contributed by atoms with E-state index in [1.807, 2.05) is 4.90 Å². The van der Waals surface area contributed by atoms with Gasteiger partial charge in [0.15, 0.2) is 5.82 Å². The molecule has 2 N–H and O–H groups in total. The first kappa shape index (κ1) is 34.5. The van der Waals surface area contributed by atoms with Gasteiger partial charge in [0.05, 0.1) is 24.9 Å². The predicted octanol–water partition coefficient (Wildman–Crippen LogP) is 7.37. The van der Waals surface area contributed by atoms with Crippen molar-refractivity contribution in [3.05, 3.63) is 41.5 Å². The van der Waals surface area contributed by atoms with Gasteiger partial charge in [-0.2, -0.15) is 9.97 Å². The molecule has 4 aromatic rings. The molecule has 9 nitrogen and oxygen atoms in total. The molecule has 3 atom stereocenters. The second-order valence-corrected chi connectivity index (χ2v) is 16.9. The minimum Gasteiger partial charge on any atom is -0.508 e. The second kappa shape index (κ2) is 12.7. The minimum absolute atomic E-state index is 0.0393. The maximum atomic E-state index is 17.3. The third kappa shape index (κ3) is 5.93. The summed E-state index contributed by atoms with van der Waals surface area (Å²) in [4.78, 5) is 18.9. The zero-order valence-corrected chi connectivity index (χ0v) is 30.6. The number of anilines is 1. The molecular formula is C42H47F2N5O4. The zero-order chi connectivity index (χ0) is 36.7. The van der Waals surface area contributed by atoms with E-state index in [2.05, 4.69) is 15.8 Å². The van der Waals surface area contributed by atoms with E-state index in [0.717, 1.165) is 51.1 Å². The number of piperidine rings is 2. The number of likely N-dealkylation sites (tertiary alicyclic amines) is 1. The highest BCUT2D eigenvalue weighted by Gasteiger charge is 2.55. The fourth-order valence-corrected chi connectivity index (χ4v) is 10.5. The van der Waals surface area contributed by atoms with E-state index in [4.69, 9.17) is 25.9 Å². The molecule has 3 saturated carbocycles. The van der Waals surface area contributed by atoms with Gasteiger partial charge < -0.3 is 24.6 Å². The number of fused-ring (bicyclic) bond motifs is 3. The first-order valence-corrected chi connectivity index (χ1v) is 19.2. The second-order valence-electron chi connectivity index (χ2n) is 16.9. The van der Waals surface area contributed by atoms with Gasteiger partial charge in [0, 0.05) is 42.0 Å². The van der Waals surface area contributed by atoms with Gasteiger partial charge in [0.1, 0.15) is 34.0 Å². The van der Waals surface area contributed by atoms with Crippen molar-refractivity contribution in [3.63, 3.8) is 0 Å². The largest absolute Gasteiger partial charge is 0.508 e. The molecule has 5 aliphatic rings. The summed E-state index contributed by atoms with van der Waals surface area (Å²) in [5.41, 5.74) is -0.614.